The summed E-state index contributed by atoms with van der Waals surface area (Å²) in [5.74, 6) is 0. The van der Waals surface area contributed by atoms with E-state index in [1.54, 1.807) is 3.87 Å². The summed E-state index contributed by atoms with van der Waals surface area (Å²) in [5.41, 5.74) is 4.33. The number of hydrogen-bond donors (Lipinski definition) is 0. The van der Waals surface area contributed by atoms with Gasteiger partial charge in [-0.05, 0) is 0 Å². The topological polar surface area (TPSA) is 0 Å². The monoisotopic (exact) mass is 525 g/mol. The van der Waals surface area contributed by atoms with E-state index in [9.17, 15) is 0 Å². The Labute approximate surface area is 227 Å². The maximum atomic E-state index is 2.59. The first-order valence-corrected chi connectivity index (χ1v) is 17.9. The Balaban J connectivity index is 2.39. The van der Waals surface area contributed by atoms with Gasteiger partial charge in [0.15, 0.2) is 0 Å². The molecule has 0 unspecified atom stereocenters. The second-order valence-corrected chi connectivity index (χ2v) is 25.5. The van der Waals surface area contributed by atoms with Crippen LogP contribution in [0.15, 0.2) is 121 Å². The molecule has 0 amide bonds. The molecule has 0 spiro atoms. The van der Waals surface area contributed by atoms with Gasteiger partial charge in [-0.25, -0.2) is 0 Å². The van der Waals surface area contributed by atoms with E-state index in [1.807, 2.05) is 0 Å². The molecule has 37 heavy (non-hydrogen) atoms. The van der Waals surface area contributed by atoms with Crippen molar-refractivity contribution in [3.63, 3.8) is 0 Å². The standard InChI is InChI=1S/3C9H11.C6H5.C3H7.Ti/c3*1-8(2)9-6-4-3-5-7-9;1-2-4-6-5-3-1;1-3-2;/h3*3-7H,1-2H3;1-5H;3H,1-2H3;. The minimum absolute atomic E-state index is 0.105. The van der Waals surface area contributed by atoms with Gasteiger partial charge in [-0.2, -0.15) is 0 Å². The quantitative estimate of drug-likeness (QED) is 0.201. The van der Waals surface area contributed by atoms with Gasteiger partial charge < -0.3 is 0 Å². The fourth-order valence-corrected chi connectivity index (χ4v) is 33.6. The number of benzene rings is 4. The minimum atomic E-state index is -4.37. The average Bonchev–Trinajstić information content (AvgIpc) is 2.91. The van der Waals surface area contributed by atoms with E-state index >= 15 is 0 Å². The SMILES string of the molecule is C[CH](C)[Ti]([c]1ccccc1)([C](C)(C)c1ccccc1)([C](C)(C)c1ccccc1)[C](C)(C)c1ccccc1. The molecule has 0 aliphatic carbocycles. The van der Waals surface area contributed by atoms with Gasteiger partial charge in [-0.3, -0.25) is 0 Å². The maximum absolute atomic E-state index is 4.37. The fourth-order valence-electron chi connectivity index (χ4n) is 10.2. The van der Waals surface area contributed by atoms with Gasteiger partial charge in [0.1, 0.15) is 0 Å². The van der Waals surface area contributed by atoms with Crippen molar-refractivity contribution in [1.82, 2.24) is 0 Å². The summed E-state index contributed by atoms with van der Waals surface area (Å²) in [7, 11) is 0. The molecule has 0 aliphatic heterocycles. The van der Waals surface area contributed by atoms with Gasteiger partial charge in [-0.1, -0.05) is 0 Å². The molecule has 0 saturated carbocycles. The molecule has 4 aromatic carbocycles. The van der Waals surface area contributed by atoms with E-state index in [4.69, 9.17) is 0 Å². The first kappa shape index (κ1) is 27.6. The van der Waals surface area contributed by atoms with Gasteiger partial charge in [-0.15, -0.1) is 0 Å². The summed E-state index contributed by atoms with van der Waals surface area (Å²) in [4.78, 5) is 0. The van der Waals surface area contributed by atoms with Crippen LogP contribution in [0.4, 0.5) is 0 Å². The third-order valence-corrected chi connectivity index (χ3v) is 30.4. The van der Waals surface area contributed by atoms with E-state index in [1.165, 1.54) is 16.7 Å². The second kappa shape index (κ2) is 9.72. The molecule has 0 heterocycles. The van der Waals surface area contributed by atoms with Gasteiger partial charge in [0.25, 0.3) is 0 Å². The van der Waals surface area contributed by atoms with Crippen LogP contribution in [0.2, 0.25) is 4.22 Å². The Morgan fingerprint density at radius 3 is 0.892 bits per heavy atom. The first-order chi connectivity index (χ1) is 17.5. The van der Waals surface area contributed by atoms with Crippen molar-refractivity contribution in [3.05, 3.63) is 138 Å². The predicted molar refractivity (Wildman–Crippen MR) is 160 cm³/mol. The molecule has 0 bridgehead atoms. The van der Waals surface area contributed by atoms with E-state index in [0.717, 1.165) is 0 Å². The van der Waals surface area contributed by atoms with Crippen LogP contribution in [0.1, 0.15) is 72.1 Å². The van der Waals surface area contributed by atoms with Crippen LogP contribution in [0.5, 0.6) is 0 Å². The molecule has 4 rings (SSSR count). The first-order valence-electron chi connectivity index (χ1n) is 13.8. The molecule has 0 fully saturated rings. The third-order valence-electron chi connectivity index (χ3n) is 10.9. The van der Waals surface area contributed by atoms with Gasteiger partial charge in [0, 0.05) is 0 Å². The van der Waals surface area contributed by atoms with Crippen LogP contribution >= 0.6 is 0 Å². The Morgan fingerprint density at radius 1 is 0.405 bits per heavy atom. The van der Waals surface area contributed by atoms with Gasteiger partial charge >= 0.3 is 228 Å². The number of hydrogen-bond acceptors (Lipinski definition) is 0. The van der Waals surface area contributed by atoms with Crippen molar-refractivity contribution in [3.8, 4) is 0 Å². The molecular weight excluding hydrogens is 480 g/mol. The van der Waals surface area contributed by atoms with Crippen molar-refractivity contribution in [2.75, 3.05) is 0 Å². The predicted octanol–water partition coefficient (Wildman–Crippen LogP) is 9.64. The molecule has 0 aromatic heterocycles. The van der Waals surface area contributed by atoms with Crippen molar-refractivity contribution >= 4 is 3.87 Å². The molecule has 0 N–H and O–H groups in total. The summed E-state index contributed by atoms with van der Waals surface area (Å²) in [6, 6.07) is 45.9. The summed E-state index contributed by atoms with van der Waals surface area (Å²) in [6.45, 7) is 20.6. The van der Waals surface area contributed by atoms with E-state index in [0.29, 0.717) is 4.22 Å². The molecule has 0 nitrogen and oxygen atoms in total. The number of rotatable bonds is 8. The molecule has 0 aliphatic rings. The summed E-state index contributed by atoms with van der Waals surface area (Å²) < 4.78 is 1.71. The van der Waals surface area contributed by atoms with Crippen LogP contribution in [0, 0.1) is 0 Å². The molecule has 1 heteroatoms. The summed E-state index contributed by atoms with van der Waals surface area (Å²) in [5, 5.41) is 0. The zero-order valence-electron chi connectivity index (χ0n) is 24.1. The van der Waals surface area contributed by atoms with Gasteiger partial charge in [0.05, 0.1) is 0 Å². The molecule has 0 radical (unpaired) electrons. The van der Waals surface area contributed by atoms with E-state index in [-0.39, 0.29) is 11.2 Å². The van der Waals surface area contributed by atoms with Crippen molar-refractivity contribution in [2.24, 2.45) is 0 Å². The zero-order chi connectivity index (χ0) is 27.0. The fraction of sp³-hybridized carbons (Fsp3) is 0.333. The van der Waals surface area contributed by atoms with Crippen LogP contribution in [0.3, 0.4) is 0 Å². The molecule has 0 atom stereocenters. The van der Waals surface area contributed by atoms with Crippen molar-refractivity contribution in [1.29, 1.82) is 0 Å². The van der Waals surface area contributed by atoms with E-state index < -0.39 is 15.3 Å². The average molecular weight is 526 g/mol. The van der Waals surface area contributed by atoms with Gasteiger partial charge in [0.2, 0.25) is 0 Å². The summed E-state index contributed by atoms with van der Waals surface area (Å²) in [6.07, 6.45) is 0. The molecule has 4 aromatic rings. The van der Waals surface area contributed by atoms with Crippen LogP contribution in [-0.4, -0.2) is 0 Å². The summed E-state index contributed by atoms with van der Waals surface area (Å²) >= 11 is -4.37. The van der Waals surface area contributed by atoms with Crippen LogP contribution < -0.4 is 3.87 Å². The van der Waals surface area contributed by atoms with Crippen LogP contribution in [0.25, 0.3) is 0 Å². The Morgan fingerprint density at radius 2 is 0.649 bits per heavy atom. The Hall–Kier alpha value is -2.41. The molecule has 0 saturated heterocycles. The second-order valence-electron chi connectivity index (χ2n) is 12.8. The Kier molecular flexibility index (Phi) is 7.26. The van der Waals surface area contributed by atoms with Crippen molar-refractivity contribution < 1.29 is 15.3 Å². The molecule has 193 valence electrons. The van der Waals surface area contributed by atoms with E-state index in [2.05, 4.69) is 177 Å². The van der Waals surface area contributed by atoms with Crippen LogP contribution in [-0.2, 0) is 26.5 Å². The third kappa shape index (κ3) is 3.38. The van der Waals surface area contributed by atoms with Crippen molar-refractivity contribution in [2.45, 2.75) is 70.8 Å². The Bertz CT molecular complexity index is 1170. The zero-order valence-corrected chi connectivity index (χ0v) is 25.7. The molecular formula is C36H45Ti. The normalized spacial score (nSPS) is 14.2.